The molecule has 1 aromatic rings. The normalized spacial score (nSPS) is 10.0. The predicted molar refractivity (Wildman–Crippen MR) is 68.5 cm³/mol. The number of ether oxygens (including phenoxy) is 1. The van der Waals surface area contributed by atoms with Crippen LogP contribution in [-0.2, 0) is 9.53 Å². The Kier molecular flexibility index (Phi) is 5.50. The first kappa shape index (κ1) is 14.1. The van der Waals surface area contributed by atoms with Gasteiger partial charge in [0.2, 0.25) is 0 Å². The molecule has 0 saturated carbocycles. The fourth-order valence-electron chi connectivity index (χ4n) is 1.10. The van der Waals surface area contributed by atoms with Crippen LogP contribution >= 0.6 is 27.7 Å². The van der Waals surface area contributed by atoms with Gasteiger partial charge in [-0.1, -0.05) is 0 Å². The maximum atomic E-state index is 11.1. The molecule has 0 atom stereocenters. The lowest BCUT2D eigenvalue weighted by molar-refractivity contribution is -0.139. The van der Waals surface area contributed by atoms with E-state index in [1.807, 2.05) is 0 Å². The van der Waals surface area contributed by atoms with Gasteiger partial charge in [0.15, 0.2) is 0 Å². The Hall–Kier alpha value is -1.01. The number of carboxylic acids is 1. The van der Waals surface area contributed by atoms with Crippen molar-refractivity contribution in [3.8, 4) is 0 Å². The summed E-state index contributed by atoms with van der Waals surface area (Å²) in [5.74, 6) is -1.14. The van der Waals surface area contributed by atoms with Gasteiger partial charge in [0.1, 0.15) is 0 Å². The van der Waals surface area contributed by atoms with E-state index in [1.165, 1.54) is 17.8 Å². The van der Waals surface area contributed by atoms with E-state index < -0.39 is 5.97 Å². The number of hydrogen-bond donors (Lipinski definition) is 1. The van der Waals surface area contributed by atoms with Crippen LogP contribution in [0.4, 0.5) is 0 Å². The van der Waals surface area contributed by atoms with Crippen LogP contribution in [0.15, 0.2) is 27.6 Å². The lowest BCUT2D eigenvalue weighted by Gasteiger charge is -2.04. The summed E-state index contributed by atoms with van der Waals surface area (Å²) in [6, 6.07) is 4.92. The van der Waals surface area contributed by atoms with Gasteiger partial charge in [-0.25, -0.2) is 4.79 Å². The summed E-state index contributed by atoms with van der Waals surface area (Å²) in [5, 5.41) is 8.92. The van der Waals surface area contributed by atoms with Gasteiger partial charge >= 0.3 is 11.9 Å². The van der Waals surface area contributed by atoms with E-state index in [0.29, 0.717) is 11.1 Å². The molecule has 0 radical (unpaired) electrons. The Bertz CT molecular complexity index is 433. The van der Waals surface area contributed by atoms with Crippen molar-refractivity contribution in [3.63, 3.8) is 0 Å². The molecule has 0 aliphatic rings. The molecule has 0 spiro atoms. The van der Waals surface area contributed by atoms with E-state index >= 15 is 0 Å². The van der Waals surface area contributed by atoms with Crippen molar-refractivity contribution < 1.29 is 19.4 Å². The number of thioether (sulfide) groups is 1. The smallest absolute Gasteiger partial charge is 0.336 e. The molecule has 0 bridgehead atoms. The van der Waals surface area contributed by atoms with Gasteiger partial charge in [0.05, 0.1) is 17.9 Å². The Morgan fingerprint density at radius 1 is 1.47 bits per heavy atom. The van der Waals surface area contributed by atoms with Crippen LogP contribution in [0, 0.1) is 0 Å². The largest absolute Gasteiger partial charge is 0.478 e. The van der Waals surface area contributed by atoms with Gasteiger partial charge < -0.3 is 9.84 Å². The molecule has 6 heteroatoms. The second-order valence-electron chi connectivity index (χ2n) is 3.04. The third-order valence-electron chi connectivity index (χ3n) is 1.83. The molecule has 0 saturated heterocycles. The van der Waals surface area contributed by atoms with Crippen molar-refractivity contribution in [2.75, 3.05) is 12.4 Å². The number of hydrogen-bond acceptors (Lipinski definition) is 4. The highest BCUT2D eigenvalue weighted by Gasteiger charge is 2.10. The summed E-state index contributed by atoms with van der Waals surface area (Å²) >= 11 is 4.40. The van der Waals surface area contributed by atoms with Crippen LogP contribution in [0.5, 0.6) is 0 Å². The fourth-order valence-corrected chi connectivity index (χ4v) is 2.25. The zero-order valence-corrected chi connectivity index (χ0v) is 11.5. The summed E-state index contributed by atoms with van der Waals surface area (Å²) in [5.41, 5.74) is 0.179. The summed E-state index contributed by atoms with van der Waals surface area (Å²) in [6.07, 6.45) is 0. The van der Waals surface area contributed by atoms with E-state index in [0.717, 1.165) is 4.90 Å². The second kappa shape index (κ2) is 6.66. The molecular formula is C11H11BrO4S. The molecule has 0 amide bonds. The van der Waals surface area contributed by atoms with Crippen molar-refractivity contribution in [2.45, 2.75) is 11.8 Å². The van der Waals surface area contributed by atoms with E-state index in [-0.39, 0.29) is 17.3 Å². The molecule has 0 fully saturated rings. The molecule has 1 rings (SSSR count). The van der Waals surface area contributed by atoms with Crippen molar-refractivity contribution in [3.05, 3.63) is 28.2 Å². The van der Waals surface area contributed by atoms with Crippen LogP contribution in [0.1, 0.15) is 17.3 Å². The highest BCUT2D eigenvalue weighted by Crippen LogP contribution is 2.25. The van der Waals surface area contributed by atoms with Crippen molar-refractivity contribution in [1.29, 1.82) is 0 Å². The molecule has 0 aromatic heterocycles. The van der Waals surface area contributed by atoms with Crippen molar-refractivity contribution in [2.24, 2.45) is 0 Å². The van der Waals surface area contributed by atoms with E-state index in [2.05, 4.69) is 15.9 Å². The van der Waals surface area contributed by atoms with Crippen LogP contribution in [0.2, 0.25) is 0 Å². The molecule has 1 N–H and O–H groups in total. The molecule has 17 heavy (non-hydrogen) atoms. The Morgan fingerprint density at radius 3 is 2.76 bits per heavy atom. The average Bonchev–Trinajstić information content (AvgIpc) is 2.28. The summed E-state index contributed by atoms with van der Waals surface area (Å²) in [4.78, 5) is 22.7. The molecule has 0 aliphatic heterocycles. The van der Waals surface area contributed by atoms with E-state index in [1.54, 1.807) is 19.1 Å². The monoisotopic (exact) mass is 318 g/mol. The molecule has 1 aromatic carbocycles. The number of carbonyl (C=O) groups is 2. The Labute approximate surface area is 111 Å². The lowest BCUT2D eigenvalue weighted by atomic mass is 10.2. The first-order valence-corrected chi connectivity index (χ1v) is 6.63. The van der Waals surface area contributed by atoms with Gasteiger partial charge in [0, 0.05) is 9.37 Å². The number of esters is 1. The van der Waals surface area contributed by atoms with Gasteiger partial charge in [-0.15, -0.1) is 11.8 Å². The maximum absolute atomic E-state index is 11.1. The van der Waals surface area contributed by atoms with Crippen LogP contribution in [-0.4, -0.2) is 29.4 Å². The first-order chi connectivity index (χ1) is 8.04. The summed E-state index contributed by atoms with van der Waals surface area (Å²) in [7, 11) is 0. The highest BCUT2D eigenvalue weighted by atomic mass is 79.9. The van der Waals surface area contributed by atoms with Gasteiger partial charge in [-0.3, -0.25) is 4.79 Å². The molecule has 0 aliphatic carbocycles. The summed E-state index contributed by atoms with van der Waals surface area (Å²) < 4.78 is 5.30. The maximum Gasteiger partial charge on any atom is 0.336 e. The third kappa shape index (κ3) is 4.40. The minimum absolute atomic E-state index is 0.175. The molecule has 0 heterocycles. The highest BCUT2D eigenvalue weighted by molar-refractivity contribution is 9.10. The number of carbonyl (C=O) groups excluding carboxylic acids is 1. The van der Waals surface area contributed by atoms with Crippen LogP contribution in [0.25, 0.3) is 0 Å². The van der Waals surface area contributed by atoms with Crippen molar-refractivity contribution >= 4 is 39.6 Å². The quantitative estimate of drug-likeness (QED) is 0.668. The average molecular weight is 319 g/mol. The Morgan fingerprint density at radius 2 is 2.18 bits per heavy atom. The fraction of sp³-hybridized carbons (Fsp3) is 0.273. The number of benzene rings is 1. The predicted octanol–water partition coefficient (Wildman–Crippen LogP) is 2.80. The molecule has 4 nitrogen and oxygen atoms in total. The second-order valence-corrected chi connectivity index (χ2v) is 4.94. The zero-order valence-electron chi connectivity index (χ0n) is 9.10. The van der Waals surface area contributed by atoms with E-state index in [4.69, 9.17) is 9.84 Å². The molecule has 0 unspecified atom stereocenters. The molecule has 92 valence electrons. The van der Waals surface area contributed by atoms with Crippen LogP contribution in [0.3, 0.4) is 0 Å². The standard InChI is InChI=1S/C11H11BrO4S/c1-2-16-10(13)6-17-7-3-4-9(12)8(5-7)11(14)15/h3-5H,2,6H2,1H3,(H,14,15). The summed E-state index contributed by atoms with van der Waals surface area (Å²) in [6.45, 7) is 2.09. The lowest BCUT2D eigenvalue weighted by Crippen LogP contribution is -2.06. The SMILES string of the molecule is CCOC(=O)CSc1ccc(Br)c(C(=O)O)c1. The van der Waals surface area contributed by atoms with E-state index in [9.17, 15) is 9.59 Å². The first-order valence-electron chi connectivity index (χ1n) is 4.86. The van der Waals surface area contributed by atoms with Gasteiger partial charge in [-0.2, -0.15) is 0 Å². The number of carboxylic acid groups (broad SMARTS) is 1. The van der Waals surface area contributed by atoms with Crippen LogP contribution < -0.4 is 0 Å². The minimum Gasteiger partial charge on any atom is -0.478 e. The number of halogens is 1. The zero-order chi connectivity index (χ0) is 12.8. The van der Waals surface area contributed by atoms with Gasteiger partial charge in [0.25, 0.3) is 0 Å². The number of aromatic carboxylic acids is 1. The molecular weight excluding hydrogens is 308 g/mol. The topological polar surface area (TPSA) is 63.6 Å². The third-order valence-corrected chi connectivity index (χ3v) is 3.49. The van der Waals surface area contributed by atoms with Gasteiger partial charge in [-0.05, 0) is 41.1 Å². The number of rotatable bonds is 5. The Balaban J connectivity index is 2.69. The van der Waals surface area contributed by atoms with Crippen molar-refractivity contribution in [1.82, 2.24) is 0 Å². The minimum atomic E-state index is -1.00.